The summed E-state index contributed by atoms with van der Waals surface area (Å²) in [6, 6.07) is 93.6. The Bertz CT molecular complexity index is 5110. The van der Waals surface area contributed by atoms with E-state index in [1.165, 1.54) is 36.4 Å². The topological polar surface area (TPSA) is 24.9 Å². The molecule has 482 valence electrons. The molecule has 0 radical (unpaired) electrons. The smallest absolute Gasteiger partial charge is 0.147 e. The Balaban J connectivity index is 0.775. The van der Waals surface area contributed by atoms with Crippen molar-refractivity contribution in [3.8, 4) is 56.4 Å². The minimum Gasteiger partial charge on any atom is -0.457 e. The molecule has 0 aliphatic heterocycles. The highest BCUT2D eigenvalue weighted by atomic mass is 19.2. The lowest BCUT2D eigenvalue weighted by Crippen LogP contribution is -2.29. The van der Waals surface area contributed by atoms with Gasteiger partial charge in [0.2, 0.25) is 0 Å². The molecule has 0 bridgehead atoms. The van der Waals surface area contributed by atoms with E-state index >= 15 is 26.3 Å². The normalized spacial score (nSPS) is 14.7. The van der Waals surface area contributed by atoms with E-state index in [1.807, 2.05) is 240 Å². The van der Waals surface area contributed by atoms with Crippen molar-refractivity contribution in [2.24, 2.45) is 0 Å². The third-order valence-corrected chi connectivity index (χ3v) is 19.2. The van der Waals surface area contributed by atoms with Gasteiger partial charge in [-0.3, -0.25) is 0 Å². The summed E-state index contributed by atoms with van der Waals surface area (Å²) in [5.41, 5.74) is 12.5. The van der Waals surface area contributed by atoms with Gasteiger partial charge in [0.25, 0.3) is 0 Å². The first-order valence-corrected chi connectivity index (χ1v) is 32.6. The maximum atomic E-state index is 16.7. The number of para-hydroxylation sites is 2. The summed E-state index contributed by atoms with van der Waals surface area (Å²) in [6.07, 6.45) is 3.51. The highest BCUT2D eigenvalue weighted by molar-refractivity contribution is 5.92. The number of benzene rings is 14. The van der Waals surface area contributed by atoms with Crippen molar-refractivity contribution in [1.82, 2.24) is 0 Å². The van der Waals surface area contributed by atoms with Gasteiger partial charge in [0.15, 0.2) is 0 Å². The van der Waals surface area contributed by atoms with Crippen LogP contribution in [0, 0.1) is 34.9 Å². The van der Waals surface area contributed by atoms with Crippen LogP contribution in [0.4, 0.5) is 60.5 Å². The summed E-state index contributed by atoms with van der Waals surface area (Å²) in [6.45, 7) is 7.71. The Morgan fingerprint density at radius 1 is 0.270 bits per heavy atom. The highest BCUT2D eigenvalue weighted by Crippen LogP contribution is 2.60. The average Bonchev–Trinajstić information content (AvgIpc) is 1.54. The van der Waals surface area contributed by atoms with Gasteiger partial charge in [0.05, 0.1) is 22.2 Å². The molecule has 16 rings (SSSR count). The van der Waals surface area contributed by atoms with Crippen molar-refractivity contribution < 1.29 is 35.8 Å². The van der Waals surface area contributed by atoms with Crippen LogP contribution in [0.5, 0.6) is 23.0 Å². The number of hydrogen-bond acceptors (Lipinski definition) is 4. The van der Waals surface area contributed by atoms with Gasteiger partial charge in [0.1, 0.15) is 57.9 Å². The van der Waals surface area contributed by atoms with Crippen LogP contribution in [-0.4, -0.2) is 0 Å². The van der Waals surface area contributed by atoms with E-state index in [0.717, 1.165) is 90.0 Å². The van der Waals surface area contributed by atoms with E-state index in [4.69, 9.17) is 9.47 Å². The summed E-state index contributed by atoms with van der Waals surface area (Å²) < 4.78 is 109. The van der Waals surface area contributed by atoms with Gasteiger partial charge in [-0.15, -0.1) is 0 Å². The van der Waals surface area contributed by atoms with Crippen molar-refractivity contribution in [2.45, 2.75) is 10.8 Å². The number of fused-ring (bicyclic) bond motifs is 6. The second kappa shape index (κ2) is 25.4. The maximum absolute atomic E-state index is 16.7. The fourth-order valence-corrected chi connectivity index (χ4v) is 14.8. The minimum absolute atomic E-state index is 0.262. The zero-order chi connectivity index (χ0) is 68.2. The van der Waals surface area contributed by atoms with Crippen molar-refractivity contribution in [3.63, 3.8) is 0 Å². The van der Waals surface area contributed by atoms with E-state index in [-0.39, 0.29) is 11.4 Å². The molecule has 0 fully saturated rings. The molecule has 14 aromatic rings. The third-order valence-electron chi connectivity index (χ3n) is 19.2. The van der Waals surface area contributed by atoms with Gasteiger partial charge in [0, 0.05) is 34.9 Å². The van der Waals surface area contributed by atoms with Crippen molar-refractivity contribution in [2.75, 3.05) is 9.80 Å². The molecule has 2 atom stereocenters. The molecule has 2 aliphatic carbocycles. The fraction of sp³-hybridized carbons (Fsp3) is 0.0222. The number of hydrogen-bond donors (Lipinski definition) is 0. The lowest BCUT2D eigenvalue weighted by molar-refractivity contribution is 0.482. The average molecular weight is 1310 g/mol. The number of anilines is 6. The standard InChI is InChI=1S/C90H58F6N2O2/c1-3-57-21-39-73(40-22-57)99-75-43-29-61(30-44-75)89(63-49-65(91)53-66(92)50-63)81-15-7-5-13-77(81)79-47-37-71(55-83(79)89)97(87-19-11-9-17-85(87)95)69-33-25-59(26-34-69)60-27-35-70(36-28-60)98(88-20-12-10-18-86(88)96)72-38-48-80-78-14-6-8-16-82(78)90(84(80)56-72,64-51-67(93)54-68(94)52-64)62-31-45-76(46-32-62)100-74-41-23-58(4-2)24-42-74/h3-56H,1-2H2. The zero-order valence-corrected chi connectivity index (χ0v) is 53.6. The third kappa shape index (κ3) is 10.8. The van der Waals surface area contributed by atoms with E-state index in [2.05, 4.69) is 13.2 Å². The van der Waals surface area contributed by atoms with Crippen LogP contribution in [0.1, 0.15) is 55.6 Å². The number of ether oxygens (including phenoxy) is 2. The number of nitrogens with zero attached hydrogens (tertiary/aromatic N) is 2. The monoisotopic (exact) mass is 1310 g/mol. The van der Waals surface area contributed by atoms with Crippen molar-refractivity contribution in [3.05, 3.63) is 419 Å². The molecule has 0 saturated heterocycles. The van der Waals surface area contributed by atoms with E-state index in [1.54, 1.807) is 48.6 Å². The Morgan fingerprint density at radius 3 is 0.930 bits per heavy atom. The zero-order valence-electron chi connectivity index (χ0n) is 53.6. The van der Waals surface area contributed by atoms with E-state index in [9.17, 15) is 0 Å². The molecule has 0 amide bonds. The van der Waals surface area contributed by atoms with Crippen molar-refractivity contribution in [1.29, 1.82) is 0 Å². The highest BCUT2D eigenvalue weighted by Gasteiger charge is 2.49. The first kappa shape index (κ1) is 62.2. The molecule has 0 spiro atoms. The second-order valence-electron chi connectivity index (χ2n) is 24.8. The van der Waals surface area contributed by atoms with E-state index < -0.39 is 45.7 Å². The molecule has 2 unspecified atom stereocenters. The van der Waals surface area contributed by atoms with E-state index in [0.29, 0.717) is 56.9 Å². The second-order valence-corrected chi connectivity index (χ2v) is 24.8. The van der Waals surface area contributed by atoms with Gasteiger partial charge >= 0.3 is 0 Å². The first-order valence-electron chi connectivity index (χ1n) is 32.6. The lowest BCUT2D eigenvalue weighted by Gasteiger charge is -2.35. The molecular weight excluding hydrogens is 1250 g/mol. The fourth-order valence-electron chi connectivity index (χ4n) is 14.8. The van der Waals surface area contributed by atoms with Crippen LogP contribution in [0.15, 0.2) is 329 Å². The SMILES string of the molecule is C=Cc1ccc(Oc2ccc(C3(c4cc(F)cc(F)c4)c4ccccc4-c4ccc(N(c5ccc(-c6ccc(N(c7ccc8c(c7)C(c7ccc(Oc9ccc(C=C)cc9)cc7)(c7cc(F)cc(F)c7)c7ccccc7-8)c7ccccc7F)cc6)cc5)c5ccccc5F)cc43)cc2)cc1. The van der Waals surface area contributed by atoms with Crippen LogP contribution < -0.4 is 19.3 Å². The minimum atomic E-state index is -1.28. The Kier molecular flexibility index (Phi) is 15.8. The van der Waals surface area contributed by atoms with Crippen molar-refractivity contribution >= 4 is 46.3 Å². The maximum Gasteiger partial charge on any atom is 0.147 e. The molecule has 10 heteroatoms. The van der Waals surface area contributed by atoms with Gasteiger partial charge in [-0.05, 0) is 235 Å². The summed E-state index contributed by atoms with van der Waals surface area (Å²) >= 11 is 0. The first-order chi connectivity index (χ1) is 48.9. The molecule has 100 heavy (non-hydrogen) atoms. The Hall–Kier alpha value is -12.7. The predicted octanol–water partition coefficient (Wildman–Crippen LogP) is 24.7. The van der Waals surface area contributed by atoms with Crippen LogP contribution in [-0.2, 0) is 10.8 Å². The molecule has 0 heterocycles. The van der Waals surface area contributed by atoms with Gasteiger partial charge in [-0.25, -0.2) is 26.3 Å². The largest absolute Gasteiger partial charge is 0.457 e. The summed E-state index contributed by atoms with van der Waals surface area (Å²) in [7, 11) is 0. The summed E-state index contributed by atoms with van der Waals surface area (Å²) in [4.78, 5) is 3.68. The molecule has 4 nitrogen and oxygen atoms in total. The number of halogens is 6. The Labute approximate surface area is 575 Å². The Morgan fingerprint density at radius 2 is 0.580 bits per heavy atom. The van der Waals surface area contributed by atoms with Gasteiger partial charge < -0.3 is 19.3 Å². The quantitative estimate of drug-likeness (QED) is 0.0849. The van der Waals surface area contributed by atoms with Crippen LogP contribution in [0.2, 0.25) is 0 Å². The van der Waals surface area contributed by atoms with Gasteiger partial charge in [-0.1, -0.05) is 183 Å². The predicted molar refractivity (Wildman–Crippen MR) is 389 cm³/mol. The molecule has 0 saturated carbocycles. The molecular formula is C90H58F6N2O2. The molecule has 2 aliphatic rings. The van der Waals surface area contributed by atoms with Crippen LogP contribution in [0.25, 0.3) is 45.5 Å². The molecule has 0 aromatic heterocycles. The summed E-state index contributed by atoms with van der Waals surface area (Å²) in [5.74, 6) is -1.56. The molecule has 14 aromatic carbocycles. The van der Waals surface area contributed by atoms with Gasteiger partial charge in [-0.2, -0.15) is 0 Å². The molecule has 0 N–H and O–H groups in total. The summed E-state index contributed by atoms with van der Waals surface area (Å²) in [5, 5.41) is 0. The lowest BCUT2D eigenvalue weighted by atomic mass is 9.67. The van der Waals surface area contributed by atoms with Crippen LogP contribution >= 0.6 is 0 Å². The van der Waals surface area contributed by atoms with Crippen LogP contribution in [0.3, 0.4) is 0 Å². The number of rotatable bonds is 17.